The molecule has 5 atom stereocenters. The molecule has 0 spiro atoms. The molecule has 1 aliphatic carbocycles. The largest absolute Gasteiger partial charge is 0.497 e. The number of nitrogens with one attached hydrogen (secondary N) is 1. The lowest BCUT2D eigenvalue weighted by Gasteiger charge is -2.28. The molecule has 12 heteroatoms. The van der Waals surface area contributed by atoms with Gasteiger partial charge in [0.05, 0.1) is 30.9 Å². The van der Waals surface area contributed by atoms with E-state index in [1.54, 1.807) is 7.11 Å². The zero-order valence-corrected chi connectivity index (χ0v) is 25.2. The number of ether oxygens (including phenoxy) is 2. The number of primary amides is 1. The summed E-state index contributed by atoms with van der Waals surface area (Å²) in [6.45, 7) is 0.175. The molecule has 3 amide bonds. The lowest BCUT2D eigenvalue weighted by molar-refractivity contribution is -0.140. The van der Waals surface area contributed by atoms with Crippen molar-refractivity contribution in [3.63, 3.8) is 0 Å². The van der Waals surface area contributed by atoms with Crippen molar-refractivity contribution >= 4 is 53.4 Å². The number of fused-ring (bicyclic) bond motifs is 3. The molecular formula is C31H35Cl2N5O5. The molecule has 1 saturated carbocycles. The van der Waals surface area contributed by atoms with Crippen LogP contribution < -0.4 is 26.3 Å². The molecule has 2 aromatic carbocycles. The first kappa shape index (κ1) is 32.1. The highest BCUT2D eigenvalue weighted by molar-refractivity contribution is 5.97. The number of nitrogens with zero attached hydrogens (tertiary/aromatic N) is 2. The van der Waals surface area contributed by atoms with Gasteiger partial charge in [-0.25, -0.2) is 4.98 Å². The Hall–Kier alpha value is -3.86. The Bertz CT molecular complexity index is 1550. The van der Waals surface area contributed by atoms with E-state index in [0.717, 1.165) is 16.6 Å². The van der Waals surface area contributed by atoms with Crippen molar-refractivity contribution in [1.29, 1.82) is 0 Å². The molecule has 3 aliphatic rings. The molecule has 5 N–H and O–H groups in total. The summed E-state index contributed by atoms with van der Waals surface area (Å²) in [6, 6.07) is 15.6. The summed E-state index contributed by atoms with van der Waals surface area (Å²) in [5.74, 6) is -0.254. The van der Waals surface area contributed by atoms with Crippen LogP contribution in [0.1, 0.15) is 25.7 Å². The number of hydrogen-bond donors (Lipinski definition) is 3. The van der Waals surface area contributed by atoms with Gasteiger partial charge in [0, 0.05) is 35.4 Å². The molecule has 3 heterocycles. The van der Waals surface area contributed by atoms with Gasteiger partial charge in [-0.05, 0) is 31.4 Å². The van der Waals surface area contributed by atoms with E-state index in [2.05, 4.69) is 5.32 Å². The summed E-state index contributed by atoms with van der Waals surface area (Å²) in [7, 11) is 1.60. The number of pyridine rings is 1. The molecule has 0 radical (unpaired) electrons. The number of hydrogen-bond acceptors (Lipinski definition) is 7. The Morgan fingerprint density at radius 2 is 1.88 bits per heavy atom. The molecular weight excluding hydrogens is 593 g/mol. The standard InChI is InChI=1S/C31H33N5O5.2ClH/c1-40-20-11-12-22-25(13-20)34-24(18-7-3-2-4-8-18)15-27(22)41-21-14-26-28(37)35-31(30(33)39)16-19(31)9-5-6-10-23(32)29(38)36(26)17-21;;/h2-5,7-9,11-13,15,19,21,23,26H,6,10,14,16-17,32H2,1H3,(H2,33,39)(H,35,37);2*1H. The Morgan fingerprint density at radius 1 is 1.12 bits per heavy atom. The van der Waals surface area contributed by atoms with E-state index in [-0.39, 0.29) is 49.6 Å². The summed E-state index contributed by atoms with van der Waals surface area (Å²) in [4.78, 5) is 45.7. The number of allylic oxidation sites excluding steroid dienone is 1. The van der Waals surface area contributed by atoms with E-state index in [9.17, 15) is 14.4 Å². The molecule has 2 aliphatic heterocycles. The van der Waals surface area contributed by atoms with Crippen molar-refractivity contribution in [2.45, 2.75) is 49.4 Å². The first-order chi connectivity index (χ1) is 19.8. The van der Waals surface area contributed by atoms with Gasteiger partial charge in [0.25, 0.3) is 0 Å². The normalized spacial score (nSPS) is 26.4. The van der Waals surface area contributed by atoms with Gasteiger partial charge in [-0.2, -0.15) is 0 Å². The van der Waals surface area contributed by atoms with E-state index in [1.165, 1.54) is 4.90 Å². The van der Waals surface area contributed by atoms with Crippen LogP contribution in [0.25, 0.3) is 22.2 Å². The van der Waals surface area contributed by atoms with Crippen molar-refractivity contribution < 1.29 is 23.9 Å². The molecule has 1 saturated heterocycles. The fourth-order valence-electron chi connectivity index (χ4n) is 5.90. The van der Waals surface area contributed by atoms with Gasteiger partial charge < -0.3 is 31.2 Å². The lowest BCUT2D eigenvalue weighted by atomic mass is 10.1. The van der Waals surface area contributed by atoms with E-state index in [4.69, 9.17) is 25.9 Å². The number of aromatic nitrogens is 1. The Kier molecular flexibility index (Phi) is 9.54. The van der Waals surface area contributed by atoms with Gasteiger partial charge in [0.2, 0.25) is 17.7 Å². The number of carbonyl (C=O) groups is 3. The van der Waals surface area contributed by atoms with Crippen molar-refractivity contribution in [3.05, 3.63) is 66.7 Å². The quantitative estimate of drug-likeness (QED) is 0.368. The minimum Gasteiger partial charge on any atom is -0.497 e. The van der Waals surface area contributed by atoms with Crippen LogP contribution in [0.2, 0.25) is 0 Å². The SMILES string of the molecule is COc1ccc2c(OC3CC4C(=O)NC5(C(N)=O)CC5C=CCCC(N)C(=O)N4C3)cc(-c3ccccc3)nc2c1.Cl.Cl. The Morgan fingerprint density at radius 3 is 2.60 bits per heavy atom. The van der Waals surface area contributed by atoms with Crippen LogP contribution in [0.5, 0.6) is 11.5 Å². The fraction of sp³-hybridized carbons (Fsp3) is 0.355. The summed E-state index contributed by atoms with van der Waals surface area (Å²) in [5, 5.41) is 3.65. The van der Waals surface area contributed by atoms with E-state index < -0.39 is 35.5 Å². The van der Waals surface area contributed by atoms with Gasteiger partial charge in [0.1, 0.15) is 29.2 Å². The third-order valence-corrected chi connectivity index (χ3v) is 8.32. The number of rotatable bonds is 5. The van der Waals surface area contributed by atoms with Crippen LogP contribution in [0.4, 0.5) is 0 Å². The zero-order valence-electron chi connectivity index (χ0n) is 23.6. The molecule has 5 unspecified atom stereocenters. The van der Waals surface area contributed by atoms with Crippen molar-refractivity contribution in [2.75, 3.05) is 13.7 Å². The first-order valence-corrected chi connectivity index (χ1v) is 13.8. The average Bonchev–Trinajstić information content (AvgIpc) is 3.52. The summed E-state index contributed by atoms with van der Waals surface area (Å²) in [6.07, 6.45) is 4.97. The predicted molar refractivity (Wildman–Crippen MR) is 167 cm³/mol. The molecule has 228 valence electrons. The highest BCUT2D eigenvalue weighted by Crippen LogP contribution is 2.45. The van der Waals surface area contributed by atoms with Gasteiger partial charge >= 0.3 is 0 Å². The second-order valence-corrected chi connectivity index (χ2v) is 11.0. The molecule has 3 aromatic rings. The van der Waals surface area contributed by atoms with Crippen molar-refractivity contribution in [2.24, 2.45) is 17.4 Å². The predicted octanol–water partition coefficient (Wildman–Crippen LogP) is 3.14. The van der Waals surface area contributed by atoms with Gasteiger partial charge in [-0.15, -0.1) is 24.8 Å². The number of methoxy groups -OCH3 is 1. The number of amides is 3. The van der Waals surface area contributed by atoms with Crippen LogP contribution in [0.15, 0.2) is 66.7 Å². The minimum atomic E-state index is -1.13. The fourth-order valence-corrected chi connectivity index (χ4v) is 5.90. The number of carbonyl (C=O) groups excluding carboxylic acids is 3. The second-order valence-electron chi connectivity index (χ2n) is 11.0. The molecule has 10 nitrogen and oxygen atoms in total. The Balaban J connectivity index is 0.00000212. The minimum absolute atomic E-state index is 0. The van der Waals surface area contributed by atoms with E-state index in [0.29, 0.717) is 36.3 Å². The van der Waals surface area contributed by atoms with E-state index in [1.807, 2.05) is 66.7 Å². The Labute approximate surface area is 262 Å². The third kappa shape index (κ3) is 6.13. The van der Waals surface area contributed by atoms with Crippen LogP contribution in [-0.2, 0) is 14.4 Å². The molecule has 2 fully saturated rings. The third-order valence-electron chi connectivity index (χ3n) is 8.32. The van der Waals surface area contributed by atoms with Gasteiger partial charge in [-0.3, -0.25) is 14.4 Å². The summed E-state index contributed by atoms with van der Waals surface area (Å²) in [5.41, 5.74) is 13.2. The maximum absolute atomic E-state index is 13.6. The highest BCUT2D eigenvalue weighted by Gasteiger charge is 2.60. The maximum Gasteiger partial charge on any atom is 0.243 e. The average molecular weight is 629 g/mol. The van der Waals surface area contributed by atoms with Crippen LogP contribution in [0.3, 0.4) is 0 Å². The molecule has 1 aromatic heterocycles. The smallest absolute Gasteiger partial charge is 0.243 e. The number of nitrogens with two attached hydrogens (primary N) is 2. The topological polar surface area (TPSA) is 150 Å². The van der Waals surface area contributed by atoms with Crippen LogP contribution >= 0.6 is 24.8 Å². The highest BCUT2D eigenvalue weighted by atomic mass is 35.5. The molecule has 43 heavy (non-hydrogen) atoms. The number of benzene rings is 2. The monoisotopic (exact) mass is 627 g/mol. The van der Waals surface area contributed by atoms with E-state index >= 15 is 0 Å². The molecule has 6 rings (SSSR count). The number of halogens is 2. The van der Waals surface area contributed by atoms with Crippen LogP contribution in [0, 0.1) is 5.92 Å². The van der Waals surface area contributed by atoms with Gasteiger partial charge in [0.15, 0.2) is 0 Å². The zero-order chi connectivity index (χ0) is 28.7. The van der Waals surface area contributed by atoms with Crippen molar-refractivity contribution in [3.8, 4) is 22.8 Å². The van der Waals surface area contributed by atoms with Gasteiger partial charge in [-0.1, -0.05) is 42.5 Å². The first-order valence-electron chi connectivity index (χ1n) is 13.8. The van der Waals surface area contributed by atoms with Crippen molar-refractivity contribution in [1.82, 2.24) is 15.2 Å². The summed E-state index contributed by atoms with van der Waals surface area (Å²) < 4.78 is 12.0. The summed E-state index contributed by atoms with van der Waals surface area (Å²) >= 11 is 0. The maximum atomic E-state index is 13.6. The molecule has 0 bridgehead atoms. The van der Waals surface area contributed by atoms with Crippen LogP contribution in [-0.4, -0.2) is 65.0 Å². The second kappa shape index (κ2) is 12.8. The lowest BCUT2D eigenvalue weighted by Crippen LogP contribution is -2.56.